The minimum Gasteiger partial charge on any atom is -0.480 e. The van der Waals surface area contributed by atoms with Gasteiger partial charge in [0.2, 0.25) is 0 Å². The second-order valence-electron chi connectivity index (χ2n) is 5.91. The van der Waals surface area contributed by atoms with Gasteiger partial charge in [0.15, 0.2) is 0 Å². The number of carbonyl (C=O) groups excluding carboxylic acids is 1. The number of thioether (sulfide) groups is 1. The van der Waals surface area contributed by atoms with E-state index in [1.807, 2.05) is 11.2 Å². The lowest BCUT2D eigenvalue weighted by atomic mass is 10.2. The van der Waals surface area contributed by atoms with Crippen molar-refractivity contribution in [3.8, 4) is 0 Å². The highest BCUT2D eigenvalue weighted by molar-refractivity contribution is 7.98. The summed E-state index contributed by atoms with van der Waals surface area (Å²) in [5.74, 6) is 1.07. The number of aliphatic carboxylic acids is 1. The van der Waals surface area contributed by atoms with Crippen molar-refractivity contribution in [1.82, 2.24) is 10.2 Å². The topological polar surface area (TPSA) is 69.6 Å². The Morgan fingerprint density at radius 1 is 1.25 bits per heavy atom. The van der Waals surface area contributed by atoms with Gasteiger partial charge in [-0.15, -0.1) is 0 Å². The number of amides is 2. The molecule has 5 nitrogen and oxygen atoms in total. The standard InChI is InChI=1S/C14H24N2O3S/c1-20-7-6-12(13(17)18)15-14(19)16(8-10-2-3-10)9-11-4-5-11/h10-12H,2-9H2,1H3,(H,15,19)(H,17,18). The number of carboxylic acids is 1. The maximum absolute atomic E-state index is 12.3. The molecule has 0 aromatic heterocycles. The van der Waals surface area contributed by atoms with Crippen LogP contribution in [0.3, 0.4) is 0 Å². The van der Waals surface area contributed by atoms with Crippen molar-refractivity contribution >= 4 is 23.8 Å². The monoisotopic (exact) mass is 300 g/mol. The van der Waals surface area contributed by atoms with Crippen molar-refractivity contribution in [2.45, 2.75) is 38.1 Å². The van der Waals surface area contributed by atoms with Crippen LogP contribution in [0.5, 0.6) is 0 Å². The molecule has 2 saturated carbocycles. The Balaban J connectivity index is 1.85. The first kappa shape index (κ1) is 15.5. The summed E-state index contributed by atoms with van der Waals surface area (Å²) in [5, 5.41) is 11.9. The number of nitrogens with one attached hydrogen (secondary N) is 1. The van der Waals surface area contributed by atoms with Crippen LogP contribution < -0.4 is 5.32 Å². The van der Waals surface area contributed by atoms with E-state index in [1.165, 1.54) is 25.7 Å². The average molecular weight is 300 g/mol. The van der Waals surface area contributed by atoms with Crippen LogP contribution in [-0.2, 0) is 4.79 Å². The van der Waals surface area contributed by atoms with Gasteiger partial charge in [0.25, 0.3) is 0 Å². The molecule has 2 fully saturated rings. The van der Waals surface area contributed by atoms with E-state index in [2.05, 4.69) is 5.32 Å². The molecule has 0 radical (unpaired) electrons. The van der Waals surface area contributed by atoms with E-state index in [1.54, 1.807) is 11.8 Å². The Hall–Kier alpha value is -0.910. The van der Waals surface area contributed by atoms with Crippen LogP contribution in [0.2, 0.25) is 0 Å². The molecule has 6 heteroatoms. The highest BCUT2D eigenvalue weighted by atomic mass is 32.2. The van der Waals surface area contributed by atoms with E-state index < -0.39 is 12.0 Å². The predicted molar refractivity (Wildman–Crippen MR) is 80.0 cm³/mol. The van der Waals surface area contributed by atoms with Crippen LogP contribution >= 0.6 is 11.8 Å². The normalized spacial score (nSPS) is 19.4. The summed E-state index contributed by atoms with van der Waals surface area (Å²) in [6.45, 7) is 1.58. The lowest BCUT2D eigenvalue weighted by molar-refractivity contribution is -0.139. The zero-order valence-corrected chi connectivity index (χ0v) is 12.8. The number of carboxylic acid groups (broad SMARTS) is 1. The highest BCUT2D eigenvalue weighted by Gasteiger charge is 2.32. The van der Waals surface area contributed by atoms with Crippen LogP contribution in [0.4, 0.5) is 4.79 Å². The minimum atomic E-state index is -0.940. The van der Waals surface area contributed by atoms with Crippen molar-refractivity contribution in [1.29, 1.82) is 0 Å². The largest absolute Gasteiger partial charge is 0.480 e. The molecule has 2 aliphatic rings. The summed E-state index contributed by atoms with van der Waals surface area (Å²) in [6, 6.07) is -0.965. The van der Waals surface area contributed by atoms with Crippen LogP contribution in [0.1, 0.15) is 32.1 Å². The molecule has 2 amide bonds. The number of carbonyl (C=O) groups is 2. The van der Waals surface area contributed by atoms with Gasteiger partial charge in [0.05, 0.1) is 0 Å². The number of hydrogen-bond donors (Lipinski definition) is 2. The Morgan fingerprint density at radius 3 is 2.20 bits per heavy atom. The molecule has 2 rings (SSSR count). The van der Waals surface area contributed by atoms with Crippen molar-refractivity contribution in [3.05, 3.63) is 0 Å². The molecule has 114 valence electrons. The van der Waals surface area contributed by atoms with Gasteiger partial charge in [-0.25, -0.2) is 9.59 Å². The molecular weight excluding hydrogens is 276 g/mol. The first-order valence-corrected chi connectivity index (χ1v) is 8.76. The van der Waals surface area contributed by atoms with Gasteiger partial charge in [-0.2, -0.15) is 11.8 Å². The summed E-state index contributed by atoms with van der Waals surface area (Å²) in [4.78, 5) is 25.3. The van der Waals surface area contributed by atoms with Crippen molar-refractivity contribution in [2.24, 2.45) is 11.8 Å². The summed E-state index contributed by atoms with van der Waals surface area (Å²) in [6.07, 6.45) is 7.20. The van der Waals surface area contributed by atoms with E-state index in [0.29, 0.717) is 18.3 Å². The molecule has 0 aliphatic heterocycles. The van der Waals surface area contributed by atoms with Gasteiger partial charge in [0, 0.05) is 13.1 Å². The summed E-state index contributed by atoms with van der Waals surface area (Å²) >= 11 is 1.60. The zero-order valence-electron chi connectivity index (χ0n) is 12.0. The second-order valence-corrected chi connectivity index (χ2v) is 6.90. The summed E-state index contributed by atoms with van der Waals surface area (Å²) < 4.78 is 0. The lowest BCUT2D eigenvalue weighted by Crippen LogP contribution is -2.49. The molecule has 1 atom stereocenters. The molecule has 0 bridgehead atoms. The van der Waals surface area contributed by atoms with Crippen molar-refractivity contribution in [2.75, 3.05) is 25.1 Å². The van der Waals surface area contributed by atoms with Crippen LogP contribution in [0, 0.1) is 11.8 Å². The Labute approximate surface area is 124 Å². The molecule has 0 spiro atoms. The van der Waals surface area contributed by atoms with Gasteiger partial charge < -0.3 is 15.3 Å². The lowest BCUT2D eigenvalue weighted by Gasteiger charge is -2.25. The van der Waals surface area contributed by atoms with Crippen LogP contribution in [0.15, 0.2) is 0 Å². The predicted octanol–water partition coefficient (Wildman–Crippen LogP) is 2.02. The van der Waals surface area contributed by atoms with Crippen molar-refractivity contribution < 1.29 is 14.7 Å². The van der Waals surface area contributed by atoms with E-state index in [-0.39, 0.29) is 6.03 Å². The third-order valence-corrected chi connectivity index (χ3v) is 4.49. The first-order chi connectivity index (χ1) is 9.60. The fraction of sp³-hybridized carbons (Fsp3) is 0.857. The van der Waals surface area contributed by atoms with E-state index in [9.17, 15) is 14.7 Å². The molecule has 0 saturated heterocycles. The Morgan fingerprint density at radius 2 is 1.80 bits per heavy atom. The SMILES string of the molecule is CSCCC(NC(=O)N(CC1CC1)CC1CC1)C(=O)O. The van der Waals surface area contributed by atoms with Crippen LogP contribution in [-0.4, -0.2) is 53.1 Å². The molecule has 2 aliphatic carbocycles. The van der Waals surface area contributed by atoms with E-state index in [0.717, 1.165) is 18.8 Å². The smallest absolute Gasteiger partial charge is 0.326 e. The molecule has 0 aromatic carbocycles. The first-order valence-electron chi connectivity index (χ1n) is 7.37. The number of nitrogens with zero attached hydrogens (tertiary/aromatic N) is 1. The number of urea groups is 1. The molecule has 1 unspecified atom stereocenters. The Kier molecular flexibility index (Phi) is 5.57. The highest BCUT2D eigenvalue weighted by Crippen LogP contribution is 2.33. The molecule has 0 heterocycles. The molecular formula is C14H24N2O3S. The maximum atomic E-state index is 12.3. The fourth-order valence-corrected chi connectivity index (χ4v) is 2.67. The average Bonchev–Trinajstić information content (AvgIpc) is 3.27. The second kappa shape index (κ2) is 7.20. The molecule has 0 aromatic rings. The third kappa shape index (κ3) is 5.23. The maximum Gasteiger partial charge on any atom is 0.326 e. The van der Waals surface area contributed by atoms with Gasteiger partial charge in [0.1, 0.15) is 6.04 Å². The van der Waals surface area contributed by atoms with Crippen molar-refractivity contribution in [3.63, 3.8) is 0 Å². The van der Waals surface area contributed by atoms with E-state index in [4.69, 9.17) is 0 Å². The quantitative estimate of drug-likeness (QED) is 0.683. The summed E-state index contributed by atoms with van der Waals surface area (Å²) in [5.41, 5.74) is 0. The number of hydrogen-bond acceptors (Lipinski definition) is 3. The Bertz CT molecular complexity index is 342. The van der Waals surface area contributed by atoms with Gasteiger partial charge in [-0.1, -0.05) is 0 Å². The van der Waals surface area contributed by atoms with Gasteiger partial charge in [-0.3, -0.25) is 0 Å². The van der Waals surface area contributed by atoms with Crippen LogP contribution in [0.25, 0.3) is 0 Å². The van der Waals surface area contributed by atoms with Gasteiger partial charge in [-0.05, 0) is 55.9 Å². The number of rotatable bonds is 9. The fourth-order valence-electron chi connectivity index (χ4n) is 2.20. The third-order valence-electron chi connectivity index (χ3n) is 3.84. The summed E-state index contributed by atoms with van der Waals surface area (Å²) in [7, 11) is 0. The molecule has 2 N–H and O–H groups in total. The molecule has 20 heavy (non-hydrogen) atoms. The van der Waals surface area contributed by atoms with Gasteiger partial charge >= 0.3 is 12.0 Å². The van der Waals surface area contributed by atoms with E-state index >= 15 is 0 Å². The zero-order chi connectivity index (χ0) is 14.5. The minimum absolute atomic E-state index is 0.197.